The molecule has 1 saturated heterocycles. The fraction of sp³-hybridized carbons (Fsp3) is 0.364. The number of nitrogens with zero attached hydrogens (tertiary/aromatic N) is 2. The first-order chi connectivity index (χ1) is 13.8. The SMILES string of the molecule is CC(NC(=O)N1CCCC1C(=O)N(C)Cc1ccc(Cl)cc1)c1cccc(Cl)c1. The van der Waals surface area contributed by atoms with Gasteiger partial charge in [0.2, 0.25) is 5.91 Å². The van der Waals surface area contributed by atoms with Crippen molar-refractivity contribution in [3.8, 4) is 0 Å². The number of likely N-dealkylation sites (N-methyl/N-ethyl adjacent to an activating group) is 1. The molecule has 0 spiro atoms. The monoisotopic (exact) mass is 433 g/mol. The van der Waals surface area contributed by atoms with Crippen LogP contribution in [0.4, 0.5) is 4.79 Å². The van der Waals surface area contributed by atoms with Crippen molar-refractivity contribution in [2.75, 3.05) is 13.6 Å². The molecular formula is C22H25Cl2N3O2. The standard InChI is InChI=1S/C22H25Cl2N3O2/c1-15(17-5-3-6-19(24)13-17)25-22(29)27-12-4-7-20(27)21(28)26(2)14-16-8-10-18(23)11-9-16/h3,5-6,8-11,13,15,20H,4,7,12,14H2,1-2H3,(H,25,29). The summed E-state index contributed by atoms with van der Waals surface area (Å²) in [5.74, 6) is -0.0528. The molecule has 2 aromatic rings. The Balaban J connectivity index is 1.62. The summed E-state index contributed by atoms with van der Waals surface area (Å²) in [6.07, 6.45) is 1.48. The van der Waals surface area contributed by atoms with Gasteiger partial charge in [-0.2, -0.15) is 0 Å². The molecule has 2 unspecified atom stereocenters. The molecule has 2 atom stereocenters. The largest absolute Gasteiger partial charge is 0.340 e. The van der Waals surface area contributed by atoms with Crippen LogP contribution in [0.15, 0.2) is 48.5 Å². The van der Waals surface area contributed by atoms with Crippen molar-refractivity contribution in [1.29, 1.82) is 0 Å². The van der Waals surface area contributed by atoms with Gasteiger partial charge >= 0.3 is 6.03 Å². The summed E-state index contributed by atoms with van der Waals surface area (Å²) in [4.78, 5) is 29.1. The Morgan fingerprint density at radius 3 is 2.59 bits per heavy atom. The van der Waals surface area contributed by atoms with Gasteiger partial charge in [-0.15, -0.1) is 0 Å². The summed E-state index contributed by atoms with van der Waals surface area (Å²) < 4.78 is 0. The average Bonchev–Trinajstić information content (AvgIpc) is 3.19. The van der Waals surface area contributed by atoms with Crippen molar-refractivity contribution in [1.82, 2.24) is 15.1 Å². The highest BCUT2D eigenvalue weighted by Gasteiger charge is 2.36. The first kappa shape index (κ1) is 21.5. The van der Waals surface area contributed by atoms with E-state index in [1.807, 2.05) is 49.4 Å². The summed E-state index contributed by atoms with van der Waals surface area (Å²) in [5, 5.41) is 4.28. The van der Waals surface area contributed by atoms with Crippen LogP contribution in [0.1, 0.15) is 36.9 Å². The van der Waals surface area contributed by atoms with Gasteiger partial charge in [-0.25, -0.2) is 4.79 Å². The summed E-state index contributed by atoms with van der Waals surface area (Å²) in [5.41, 5.74) is 1.92. The molecule has 154 valence electrons. The summed E-state index contributed by atoms with van der Waals surface area (Å²) >= 11 is 12.0. The first-order valence-corrected chi connectivity index (χ1v) is 10.4. The second kappa shape index (κ2) is 9.51. The molecule has 2 aromatic carbocycles. The number of nitrogens with one attached hydrogen (secondary N) is 1. The molecule has 3 amide bonds. The fourth-order valence-corrected chi connectivity index (χ4v) is 3.91. The van der Waals surface area contributed by atoms with Gasteiger partial charge in [-0.05, 0) is 55.2 Å². The molecule has 1 N–H and O–H groups in total. The third kappa shape index (κ3) is 5.43. The molecule has 0 aromatic heterocycles. The normalized spacial score (nSPS) is 17.1. The number of hydrogen-bond donors (Lipinski definition) is 1. The van der Waals surface area contributed by atoms with E-state index < -0.39 is 6.04 Å². The Labute approximate surface area is 181 Å². The Kier molecular flexibility index (Phi) is 7.04. The van der Waals surface area contributed by atoms with Crippen LogP contribution in [0.25, 0.3) is 0 Å². The minimum Gasteiger partial charge on any atom is -0.340 e. The van der Waals surface area contributed by atoms with E-state index in [1.54, 1.807) is 22.9 Å². The van der Waals surface area contributed by atoms with Crippen LogP contribution in [0.2, 0.25) is 10.0 Å². The van der Waals surface area contributed by atoms with Gasteiger partial charge < -0.3 is 15.1 Å². The summed E-state index contributed by atoms with van der Waals surface area (Å²) in [7, 11) is 1.76. The molecule has 1 aliphatic rings. The van der Waals surface area contributed by atoms with E-state index in [0.29, 0.717) is 29.6 Å². The van der Waals surface area contributed by atoms with Crippen molar-refractivity contribution < 1.29 is 9.59 Å². The molecule has 3 rings (SSSR count). The van der Waals surface area contributed by atoms with Crippen LogP contribution < -0.4 is 5.32 Å². The van der Waals surface area contributed by atoms with Crippen LogP contribution in [0, 0.1) is 0 Å². The highest BCUT2D eigenvalue weighted by atomic mass is 35.5. The van der Waals surface area contributed by atoms with Crippen LogP contribution in [0.3, 0.4) is 0 Å². The van der Waals surface area contributed by atoms with Crippen molar-refractivity contribution in [3.05, 3.63) is 69.7 Å². The maximum Gasteiger partial charge on any atom is 0.318 e. The minimum absolute atomic E-state index is 0.0528. The third-order valence-corrected chi connectivity index (χ3v) is 5.68. The quantitative estimate of drug-likeness (QED) is 0.729. The second-order valence-electron chi connectivity index (χ2n) is 7.40. The van der Waals surface area contributed by atoms with E-state index in [0.717, 1.165) is 17.5 Å². The fourth-order valence-electron chi connectivity index (χ4n) is 3.59. The van der Waals surface area contributed by atoms with Gasteiger partial charge in [0.05, 0.1) is 6.04 Å². The van der Waals surface area contributed by atoms with E-state index >= 15 is 0 Å². The summed E-state index contributed by atoms with van der Waals surface area (Å²) in [6, 6.07) is 13.9. The van der Waals surface area contributed by atoms with Crippen molar-refractivity contribution >= 4 is 35.1 Å². The Morgan fingerprint density at radius 1 is 1.17 bits per heavy atom. The smallest absolute Gasteiger partial charge is 0.318 e. The number of urea groups is 1. The van der Waals surface area contributed by atoms with Gasteiger partial charge in [0.15, 0.2) is 0 Å². The molecule has 29 heavy (non-hydrogen) atoms. The van der Waals surface area contributed by atoms with Gasteiger partial charge in [0.25, 0.3) is 0 Å². The summed E-state index contributed by atoms with van der Waals surface area (Å²) in [6.45, 7) is 2.95. The molecule has 0 radical (unpaired) electrons. The highest BCUT2D eigenvalue weighted by Crippen LogP contribution is 2.22. The van der Waals surface area contributed by atoms with Crippen molar-refractivity contribution in [2.45, 2.75) is 38.4 Å². The predicted octanol–water partition coefficient (Wildman–Crippen LogP) is 4.89. The highest BCUT2D eigenvalue weighted by molar-refractivity contribution is 6.30. The predicted molar refractivity (Wildman–Crippen MR) is 116 cm³/mol. The van der Waals surface area contributed by atoms with Gasteiger partial charge in [0, 0.05) is 30.2 Å². The number of halogens is 2. The third-order valence-electron chi connectivity index (χ3n) is 5.20. The molecule has 7 heteroatoms. The van der Waals surface area contributed by atoms with Gasteiger partial charge in [-0.3, -0.25) is 4.79 Å². The number of hydrogen-bond acceptors (Lipinski definition) is 2. The number of carbonyl (C=O) groups excluding carboxylic acids is 2. The molecular weight excluding hydrogens is 409 g/mol. The lowest BCUT2D eigenvalue weighted by Crippen LogP contribution is -2.50. The van der Waals surface area contributed by atoms with Crippen LogP contribution in [-0.4, -0.2) is 41.4 Å². The molecule has 1 aliphatic heterocycles. The maximum atomic E-state index is 13.0. The molecule has 0 aliphatic carbocycles. The molecule has 1 fully saturated rings. The van der Waals surface area contributed by atoms with E-state index in [-0.39, 0.29) is 18.0 Å². The molecule has 1 heterocycles. The average molecular weight is 434 g/mol. The second-order valence-corrected chi connectivity index (χ2v) is 8.27. The maximum absolute atomic E-state index is 13.0. The van der Waals surface area contributed by atoms with E-state index in [4.69, 9.17) is 23.2 Å². The molecule has 0 saturated carbocycles. The lowest BCUT2D eigenvalue weighted by Gasteiger charge is -2.29. The lowest BCUT2D eigenvalue weighted by molar-refractivity contribution is -0.134. The number of amides is 3. The lowest BCUT2D eigenvalue weighted by atomic mass is 10.1. The number of likely N-dealkylation sites (tertiary alicyclic amines) is 1. The first-order valence-electron chi connectivity index (χ1n) is 9.67. The molecule has 0 bridgehead atoms. The zero-order valence-corrected chi connectivity index (χ0v) is 18.1. The van der Waals surface area contributed by atoms with Crippen LogP contribution >= 0.6 is 23.2 Å². The van der Waals surface area contributed by atoms with Crippen LogP contribution in [0.5, 0.6) is 0 Å². The zero-order chi connectivity index (χ0) is 21.0. The molecule has 5 nitrogen and oxygen atoms in total. The van der Waals surface area contributed by atoms with E-state index in [9.17, 15) is 9.59 Å². The topological polar surface area (TPSA) is 52.7 Å². The van der Waals surface area contributed by atoms with Crippen molar-refractivity contribution in [2.24, 2.45) is 0 Å². The number of rotatable bonds is 5. The minimum atomic E-state index is -0.445. The Morgan fingerprint density at radius 2 is 1.90 bits per heavy atom. The van der Waals surface area contributed by atoms with Gasteiger partial charge in [0.1, 0.15) is 6.04 Å². The van der Waals surface area contributed by atoms with Gasteiger partial charge in [-0.1, -0.05) is 47.5 Å². The zero-order valence-electron chi connectivity index (χ0n) is 16.6. The Hall–Kier alpha value is -2.24. The van der Waals surface area contributed by atoms with E-state index in [2.05, 4.69) is 5.32 Å². The number of benzene rings is 2. The number of carbonyl (C=O) groups is 2. The van der Waals surface area contributed by atoms with E-state index in [1.165, 1.54) is 0 Å². The van der Waals surface area contributed by atoms with Crippen LogP contribution in [-0.2, 0) is 11.3 Å². The Bertz CT molecular complexity index is 873. The van der Waals surface area contributed by atoms with Crippen molar-refractivity contribution in [3.63, 3.8) is 0 Å².